The molecule has 1 N–H and O–H groups in total. The first-order valence-corrected chi connectivity index (χ1v) is 8.87. The summed E-state index contributed by atoms with van der Waals surface area (Å²) in [5, 5.41) is 3.75. The summed E-state index contributed by atoms with van der Waals surface area (Å²) in [5.41, 5.74) is 2.81. The number of hydrogen-bond donors (Lipinski definition) is 1. The zero-order valence-electron chi connectivity index (χ0n) is 12.9. The van der Waals surface area contributed by atoms with Gasteiger partial charge in [-0.1, -0.05) is 40.9 Å². The molecule has 0 heterocycles. The van der Waals surface area contributed by atoms with Crippen LogP contribution in [0.2, 0.25) is 10.0 Å². The van der Waals surface area contributed by atoms with Crippen molar-refractivity contribution in [2.75, 3.05) is 18.2 Å². The van der Waals surface area contributed by atoms with Gasteiger partial charge in [-0.2, -0.15) is 0 Å². The van der Waals surface area contributed by atoms with Crippen LogP contribution in [-0.4, -0.2) is 18.8 Å². The number of nitrogens with one attached hydrogen (secondary N) is 1. The van der Waals surface area contributed by atoms with Gasteiger partial charge in [-0.25, -0.2) is 0 Å². The van der Waals surface area contributed by atoms with Gasteiger partial charge in [0.1, 0.15) is 5.75 Å². The normalized spacial score (nSPS) is 10.4. The molecule has 0 unspecified atom stereocenters. The Hall–Kier alpha value is -1.36. The monoisotopic (exact) mass is 369 g/mol. The van der Waals surface area contributed by atoms with Crippen molar-refractivity contribution >= 4 is 46.6 Å². The van der Waals surface area contributed by atoms with Gasteiger partial charge in [0.05, 0.1) is 23.6 Å². The van der Waals surface area contributed by atoms with Crippen molar-refractivity contribution in [3.63, 3.8) is 0 Å². The molecule has 0 spiro atoms. The van der Waals surface area contributed by atoms with Gasteiger partial charge >= 0.3 is 0 Å². The van der Waals surface area contributed by atoms with Crippen LogP contribution in [0, 0.1) is 6.92 Å². The third-order valence-electron chi connectivity index (χ3n) is 3.13. The van der Waals surface area contributed by atoms with E-state index in [9.17, 15) is 4.79 Å². The molecule has 23 heavy (non-hydrogen) atoms. The summed E-state index contributed by atoms with van der Waals surface area (Å²) in [6.45, 7) is 2.03. The summed E-state index contributed by atoms with van der Waals surface area (Å²) in [5.74, 6) is 1.76. The van der Waals surface area contributed by atoms with Crippen molar-refractivity contribution in [2.45, 2.75) is 12.7 Å². The topological polar surface area (TPSA) is 38.3 Å². The van der Waals surface area contributed by atoms with Crippen molar-refractivity contribution < 1.29 is 9.53 Å². The maximum Gasteiger partial charge on any atom is 0.234 e. The fraction of sp³-hybridized carbons (Fsp3) is 0.235. The highest BCUT2D eigenvalue weighted by Gasteiger charge is 2.08. The lowest BCUT2D eigenvalue weighted by Gasteiger charge is -2.10. The van der Waals surface area contributed by atoms with Crippen LogP contribution in [0.25, 0.3) is 0 Å². The number of hydrogen-bond acceptors (Lipinski definition) is 3. The summed E-state index contributed by atoms with van der Waals surface area (Å²) < 4.78 is 5.34. The van der Waals surface area contributed by atoms with Gasteiger partial charge in [-0.15, -0.1) is 11.8 Å². The largest absolute Gasteiger partial charge is 0.496 e. The molecule has 0 atom stereocenters. The quantitative estimate of drug-likeness (QED) is 0.761. The van der Waals surface area contributed by atoms with Gasteiger partial charge in [-0.3, -0.25) is 4.79 Å². The number of amides is 1. The van der Waals surface area contributed by atoms with E-state index in [1.807, 2.05) is 19.1 Å². The number of anilines is 1. The average molecular weight is 370 g/mol. The molecule has 0 radical (unpaired) electrons. The molecule has 1 amide bonds. The predicted molar refractivity (Wildman–Crippen MR) is 99.0 cm³/mol. The van der Waals surface area contributed by atoms with Crippen LogP contribution in [0.5, 0.6) is 5.75 Å². The summed E-state index contributed by atoms with van der Waals surface area (Å²) in [7, 11) is 1.65. The number of methoxy groups -OCH3 is 1. The molecule has 3 nitrogen and oxygen atoms in total. The molecule has 2 aromatic carbocycles. The summed E-state index contributed by atoms with van der Waals surface area (Å²) in [6, 6.07) is 11.0. The molecule has 0 saturated carbocycles. The van der Waals surface area contributed by atoms with Gasteiger partial charge < -0.3 is 10.1 Å². The minimum atomic E-state index is -0.106. The number of halogens is 2. The van der Waals surface area contributed by atoms with Gasteiger partial charge in [-0.05, 0) is 31.2 Å². The number of carbonyl (C=O) groups excluding carboxylic acids is 1. The summed E-state index contributed by atoms with van der Waals surface area (Å²) in [4.78, 5) is 12.0. The number of aryl methyl sites for hydroxylation is 1. The van der Waals surface area contributed by atoms with Crippen molar-refractivity contribution in [1.82, 2.24) is 0 Å². The molecule has 0 aliphatic heterocycles. The number of thioether (sulfide) groups is 1. The van der Waals surface area contributed by atoms with Crippen molar-refractivity contribution in [3.05, 3.63) is 57.6 Å². The highest BCUT2D eigenvalue weighted by molar-refractivity contribution is 7.99. The van der Waals surface area contributed by atoms with Crippen LogP contribution < -0.4 is 10.1 Å². The molecular formula is C17H17Cl2NO2S. The SMILES string of the molecule is COc1ccc(C)cc1CSCC(=O)Nc1ccc(Cl)cc1Cl. The number of benzene rings is 2. The number of rotatable bonds is 6. The maximum atomic E-state index is 12.0. The number of carbonyl (C=O) groups is 1. The third kappa shape index (κ3) is 5.34. The summed E-state index contributed by atoms with van der Waals surface area (Å²) >= 11 is 13.4. The average Bonchev–Trinajstić information content (AvgIpc) is 2.50. The first-order valence-electron chi connectivity index (χ1n) is 6.95. The van der Waals surface area contributed by atoms with E-state index in [4.69, 9.17) is 27.9 Å². The zero-order chi connectivity index (χ0) is 16.8. The van der Waals surface area contributed by atoms with E-state index < -0.39 is 0 Å². The van der Waals surface area contributed by atoms with E-state index in [0.717, 1.165) is 11.3 Å². The fourth-order valence-corrected chi connectivity index (χ4v) is 3.31. The second-order valence-electron chi connectivity index (χ2n) is 4.98. The molecule has 0 fully saturated rings. The highest BCUT2D eigenvalue weighted by Crippen LogP contribution is 2.27. The molecular weight excluding hydrogens is 353 g/mol. The van der Waals surface area contributed by atoms with Crippen LogP contribution in [0.4, 0.5) is 5.69 Å². The van der Waals surface area contributed by atoms with E-state index in [-0.39, 0.29) is 5.91 Å². The van der Waals surface area contributed by atoms with Crippen LogP contribution >= 0.6 is 35.0 Å². The predicted octanol–water partition coefficient (Wildman–Crippen LogP) is 5.18. The number of ether oxygens (including phenoxy) is 1. The molecule has 6 heteroatoms. The van der Waals surface area contributed by atoms with E-state index in [1.165, 1.54) is 17.3 Å². The second kappa shape index (κ2) is 8.48. The van der Waals surface area contributed by atoms with E-state index >= 15 is 0 Å². The molecule has 0 aliphatic rings. The Morgan fingerprint density at radius 3 is 2.70 bits per heavy atom. The van der Waals surface area contributed by atoms with E-state index in [1.54, 1.807) is 25.3 Å². The lowest BCUT2D eigenvalue weighted by Crippen LogP contribution is -2.14. The lowest BCUT2D eigenvalue weighted by atomic mass is 10.1. The van der Waals surface area contributed by atoms with Crippen LogP contribution in [0.3, 0.4) is 0 Å². The van der Waals surface area contributed by atoms with E-state index in [0.29, 0.717) is 27.2 Å². The first kappa shape index (κ1) is 18.0. The smallest absolute Gasteiger partial charge is 0.234 e. The Morgan fingerprint density at radius 1 is 1.22 bits per heavy atom. The third-order valence-corrected chi connectivity index (χ3v) is 4.66. The van der Waals surface area contributed by atoms with Gasteiger partial charge in [0.2, 0.25) is 5.91 Å². The lowest BCUT2D eigenvalue weighted by molar-refractivity contribution is -0.113. The fourth-order valence-electron chi connectivity index (χ4n) is 2.05. The van der Waals surface area contributed by atoms with Gasteiger partial charge in [0, 0.05) is 16.3 Å². The van der Waals surface area contributed by atoms with Gasteiger partial charge in [0.15, 0.2) is 0 Å². The van der Waals surface area contributed by atoms with Crippen LogP contribution in [-0.2, 0) is 10.5 Å². The van der Waals surface area contributed by atoms with Crippen LogP contribution in [0.15, 0.2) is 36.4 Å². The minimum absolute atomic E-state index is 0.106. The molecule has 0 saturated heterocycles. The van der Waals surface area contributed by atoms with Crippen LogP contribution in [0.1, 0.15) is 11.1 Å². The Bertz CT molecular complexity index is 707. The zero-order valence-corrected chi connectivity index (χ0v) is 15.2. The Kier molecular flexibility index (Phi) is 6.63. The minimum Gasteiger partial charge on any atom is -0.496 e. The molecule has 2 rings (SSSR count). The van der Waals surface area contributed by atoms with Crippen molar-refractivity contribution in [3.8, 4) is 5.75 Å². The highest BCUT2D eigenvalue weighted by atomic mass is 35.5. The van der Waals surface area contributed by atoms with Crippen molar-refractivity contribution in [1.29, 1.82) is 0 Å². The molecule has 122 valence electrons. The Morgan fingerprint density at radius 2 is 2.00 bits per heavy atom. The molecule has 0 aliphatic carbocycles. The van der Waals surface area contributed by atoms with Crippen molar-refractivity contribution in [2.24, 2.45) is 0 Å². The van der Waals surface area contributed by atoms with Gasteiger partial charge in [0.25, 0.3) is 0 Å². The summed E-state index contributed by atoms with van der Waals surface area (Å²) in [6.07, 6.45) is 0. The Labute approximate surface area is 150 Å². The van der Waals surface area contributed by atoms with E-state index in [2.05, 4.69) is 11.4 Å². The molecule has 2 aromatic rings. The maximum absolute atomic E-state index is 12.0. The second-order valence-corrected chi connectivity index (χ2v) is 6.81. The standard InChI is InChI=1S/C17H17Cl2NO2S/c1-11-3-6-16(22-2)12(7-11)9-23-10-17(21)20-15-5-4-13(18)8-14(15)19/h3-8H,9-10H2,1-2H3,(H,20,21). The molecule has 0 bridgehead atoms. The molecule has 0 aromatic heterocycles. The Balaban J connectivity index is 1.89. The first-order chi connectivity index (χ1) is 11.0.